The summed E-state index contributed by atoms with van der Waals surface area (Å²) in [4.78, 5) is 35.8. The van der Waals surface area contributed by atoms with Crippen LogP contribution in [0.3, 0.4) is 0 Å². The Morgan fingerprint density at radius 2 is 1.12 bits per heavy atom. The molecule has 12 heteroatoms. The molecule has 2 heterocycles. The summed E-state index contributed by atoms with van der Waals surface area (Å²) in [5.74, 6) is 0.735. The van der Waals surface area contributed by atoms with Gasteiger partial charge in [-0.05, 0) is 71.6 Å². The minimum atomic E-state index is -0.618. The van der Waals surface area contributed by atoms with E-state index in [-0.39, 0.29) is 11.8 Å². The maximum absolute atomic E-state index is 12.9. The van der Waals surface area contributed by atoms with Crippen LogP contribution in [0, 0.1) is 0 Å². The number of aromatic nitrogens is 1. The van der Waals surface area contributed by atoms with Gasteiger partial charge in [-0.25, -0.2) is 4.57 Å². The van der Waals surface area contributed by atoms with Crippen LogP contribution in [0.4, 0.5) is 11.4 Å². The molecule has 2 unspecified atom stereocenters. The molecule has 1 aromatic heterocycles. The molecular formula is C44H61N8O2S2+. The van der Waals surface area contributed by atoms with Gasteiger partial charge in [-0.3, -0.25) is 9.59 Å². The molecule has 1 aliphatic rings. The van der Waals surface area contributed by atoms with Crippen molar-refractivity contribution in [1.29, 1.82) is 0 Å². The first-order chi connectivity index (χ1) is 26.9. The number of amides is 2. The number of benzene rings is 2. The molecule has 0 saturated carbocycles. The number of hydrogen-bond donors (Lipinski definition) is 2. The first-order valence-electron chi connectivity index (χ1n) is 19.2. The predicted octanol–water partition coefficient (Wildman–Crippen LogP) is 5.39. The van der Waals surface area contributed by atoms with Gasteiger partial charge in [-0.2, -0.15) is 0 Å². The number of carbonyl (C=O) groups is 2. The zero-order valence-electron chi connectivity index (χ0n) is 34.0. The molecule has 3 aromatic rings. The van der Waals surface area contributed by atoms with E-state index in [2.05, 4.69) is 139 Å². The maximum atomic E-state index is 12.9. The molecule has 0 radical (unpaired) electrons. The summed E-state index contributed by atoms with van der Waals surface area (Å²) >= 11 is 0. The second-order valence-electron chi connectivity index (χ2n) is 14.5. The Bertz CT molecular complexity index is 1790. The summed E-state index contributed by atoms with van der Waals surface area (Å²) in [5, 5.41) is 0. The average Bonchev–Trinajstić information content (AvgIpc) is 3.21. The Morgan fingerprint density at radius 3 is 1.55 bits per heavy atom. The standard InChI is InChI=1S/C44H61N8O2S2/c1-47-29-21-37(22-30-47)11-9-35-13-17-39(18-14-35)49(3)25-7-27-51(5)43(53)41(45)33-55-56-34-42(46)44(54)52(6)28-8-26-50(4)40-19-15-36(16-20-40)10-12-38-23-31-48(2)32-24-38/h9-24,29-31,41-42H,7-8,25-28,32-34,45-46H2,1-6H3/q+1/b12-10+. The van der Waals surface area contributed by atoms with Gasteiger partial charge in [-0.1, -0.05) is 76.2 Å². The third kappa shape index (κ3) is 14.9. The summed E-state index contributed by atoms with van der Waals surface area (Å²) in [7, 11) is 14.8. The SMILES string of the molecule is CN1C=CC(/C=C/c2ccc(N(C)CCCN(C)C(=O)C(N)CSSCC(N)C(=O)N(C)CCCN(C)c3ccc(/C=C/c4cc[n+](C)cc4)cc3)cc2)=CC1. The lowest BCUT2D eigenvalue weighted by Crippen LogP contribution is -2.44. The first-order valence-corrected chi connectivity index (χ1v) is 21.7. The third-order valence-electron chi connectivity index (χ3n) is 9.68. The van der Waals surface area contributed by atoms with Crippen molar-refractivity contribution in [3.05, 3.63) is 120 Å². The lowest BCUT2D eigenvalue weighted by atomic mass is 10.1. The van der Waals surface area contributed by atoms with Crippen LogP contribution < -0.4 is 25.8 Å². The number of nitrogens with zero attached hydrogens (tertiary/aromatic N) is 6. The van der Waals surface area contributed by atoms with E-state index in [0.717, 1.165) is 60.5 Å². The molecule has 1 aliphatic heterocycles. The number of pyridine rings is 1. The smallest absolute Gasteiger partial charge is 0.240 e. The summed E-state index contributed by atoms with van der Waals surface area (Å²) in [5.41, 5.74) is 19.5. The van der Waals surface area contributed by atoms with Crippen LogP contribution in [-0.4, -0.2) is 118 Å². The topological polar surface area (TPSA) is 106 Å². The van der Waals surface area contributed by atoms with Crippen LogP contribution in [0.15, 0.2) is 103 Å². The molecule has 0 aliphatic carbocycles. The van der Waals surface area contributed by atoms with Crippen molar-refractivity contribution in [2.45, 2.75) is 24.9 Å². The normalized spacial score (nSPS) is 13.9. The molecule has 10 nitrogen and oxygen atoms in total. The van der Waals surface area contributed by atoms with Crippen LogP contribution in [0.2, 0.25) is 0 Å². The number of nitrogens with two attached hydrogens (primary N) is 2. The molecular weight excluding hydrogens is 737 g/mol. The minimum Gasteiger partial charge on any atom is -0.377 e. The Balaban J connectivity index is 1.06. The molecule has 2 amide bonds. The zero-order chi connectivity index (χ0) is 40.5. The van der Waals surface area contributed by atoms with E-state index in [0.29, 0.717) is 24.6 Å². The quantitative estimate of drug-likeness (QED) is 0.0835. The van der Waals surface area contributed by atoms with Crippen LogP contribution in [0.1, 0.15) is 29.5 Å². The van der Waals surface area contributed by atoms with E-state index in [1.54, 1.807) is 23.9 Å². The fraction of sp³-hybridized carbons (Fsp3) is 0.386. The summed E-state index contributed by atoms with van der Waals surface area (Å²) in [6.45, 7) is 3.79. The number of rotatable bonds is 21. The second kappa shape index (κ2) is 22.9. The van der Waals surface area contributed by atoms with Gasteiger partial charge in [0.1, 0.15) is 7.05 Å². The van der Waals surface area contributed by atoms with E-state index in [4.69, 9.17) is 11.5 Å². The van der Waals surface area contributed by atoms with Crippen molar-refractivity contribution in [2.75, 3.05) is 89.3 Å². The largest absolute Gasteiger partial charge is 0.377 e. The number of aryl methyl sites for hydroxylation is 1. The molecule has 0 bridgehead atoms. The van der Waals surface area contributed by atoms with Gasteiger partial charge in [-0.15, -0.1) is 0 Å². The Hall–Kier alpha value is -4.49. The van der Waals surface area contributed by atoms with Gasteiger partial charge in [0.25, 0.3) is 0 Å². The number of anilines is 2. The number of carbonyl (C=O) groups excluding carboxylic acids is 2. The first kappa shape index (κ1) is 44.2. The fourth-order valence-corrected chi connectivity index (χ4v) is 8.15. The van der Waals surface area contributed by atoms with Crippen molar-refractivity contribution >= 4 is 63.0 Å². The number of hydrogen-bond acceptors (Lipinski definition) is 9. The highest BCUT2D eigenvalue weighted by molar-refractivity contribution is 8.76. The minimum absolute atomic E-state index is 0.0817. The van der Waals surface area contributed by atoms with Crippen molar-refractivity contribution in [1.82, 2.24) is 14.7 Å². The Kier molecular flexibility index (Phi) is 18.1. The predicted molar refractivity (Wildman–Crippen MR) is 240 cm³/mol. The van der Waals surface area contributed by atoms with Crippen molar-refractivity contribution in [3.8, 4) is 0 Å². The summed E-state index contributed by atoms with van der Waals surface area (Å²) in [6, 6.07) is 19.9. The lowest BCUT2D eigenvalue weighted by Gasteiger charge is -2.24. The molecule has 2 aromatic carbocycles. The molecule has 4 rings (SSSR count). The van der Waals surface area contributed by atoms with Gasteiger partial charge in [0.2, 0.25) is 11.8 Å². The summed E-state index contributed by atoms with van der Waals surface area (Å²) in [6.07, 6.45) is 20.6. The Labute approximate surface area is 343 Å². The highest BCUT2D eigenvalue weighted by Gasteiger charge is 2.21. The van der Waals surface area contributed by atoms with E-state index in [1.165, 1.54) is 27.2 Å². The van der Waals surface area contributed by atoms with Crippen molar-refractivity contribution in [3.63, 3.8) is 0 Å². The van der Waals surface area contributed by atoms with Gasteiger partial charge < -0.3 is 36.0 Å². The maximum Gasteiger partial charge on any atom is 0.240 e. The van der Waals surface area contributed by atoms with Gasteiger partial charge in [0, 0.05) is 103 Å². The van der Waals surface area contributed by atoms with Crippen molar-refractivity contribution < 1.29 is 14.2 Å². The third-order valence-corrected chi connectivity index (χ3v) is 12.2. The molecule has 2 atom stereocenters. The van der Waals surface area contributed by atoms with Crippen LogP contribution >= 0.6 is 21.6 Å². The fourth-order valence-electron chi connectivity index (χ4n) is 5.92. The second-order valence-corrected chi connectivity index (χ2v) is 17.0. The lowest BCUT2D eigenvalue weighted by molar-refractivity contribution is -0.671. The van der Waals surface area contributed by atoms with Crippen LogP contribution in [-0.2, 0) is 16.6 Å². The average molecular weight is 798 g/mol. The molecule has 4 N–H and O–H groups in total. The van der Waals surface area contributed by atoms with E-state index >= 15 is 0 Å². The molecule has 300 valence electrons. The zero-order valence-corrected chi connectivity index (χ0v) is 35.6. The van der Waals surface area contributed by atoms with E-state index in [9.17, 15) is 9.59 Å². The number of allylic oxidation sites excluding steroid dienone is 3. The number of likely N-dealkylation sites (N-methyl/N-ethyl adjacent to an activating group) is 3. The van der Waals surface area contributed by atoms with Gasteiger partial charge in [0.15, 0.2) is 12.4 Å². The molecule has 0 fully saturated rings. The van der Waals surface area contributed by atoms with Crippen LogP contribution in [0.5, 0.6) is 0 Å². The van der Waals surface area contributed by atoms with E-state index < -0.39 is 12.1 Å². The van der Waals surface area contributed by atoms with Gasteiger partial charge >= 0.3 is 0 Å². The monoisotopic (exact) mass is 797 g/mol. The summed E-state index contributed by atoms with van der Waals surface area (Å²) < 4.78 is 2.02. The van der Waals surface area contributed by atoms with Gasteiger partial charge in [0.05, 0.1) is 12.1 Å². The molecule has 56 heavy (non-hydrogen) atoms. The highest BCUT2D eigenvalue weighted by Crippen LogP contribution is 2.23. The van der Waals surface area contributed by atoms with Crippen molar-refractivity contribution in [2.24, 2.45) is 18.5 Å². The highest BCUT2D eigenvalue weighted by atomic mass is 33.1. The van der Waals surface area contributed by atoms with Crippen LogP contribution in [0.25, 0.3) is 18.2 Å². The van der Waals surface area contributed by atoms with E-state index in [1.807, 2.05) is 24.0 Å². The molecule has 0 spiro atoms. The Morgan fingerprint density at radius 1 is 0.696 bits per heavy atom. The molecule has 0 saturated heterocycles.